The van der Waals surface area contributed by atoms with Gasteiger partial charge >= 0.3 is 0 Å². The minimum absolute atomic E-state index is 0.000556. The molecule has 6 heteroatoms. The van der Waals surface area contributed by atoms with E-state index in [1.807, 2.05) is 12.1 Å². The monoisotopic (exact) mass is 186 g/mol. The van der Waals surface area contributed by atoms with Crippen LogP contribution in [0.25, 0.3) is 0 Å². The SMILES string of the molecule is CN1NCC2C(=O)NC(=S)NC21. The molecule has 2 rings (SSSR count). The smallest absolute Gasteiger partial charge is 0.234 e. The van der Waals surface area contributed by atoms with E-state index in [0.717, 1.165) is 0 Å². The highest BCUT2D eigenvalue weighted by Gasteiger charge is 2.40. The Morgan fingerprint density at radius 3 is 3.17 bits per heavy atom. The molecule has 0 saturated carbocycles. The maximum atomic E-state index is 11.3. The van der Waals surface area contributed by atoms with Crippen LogP contribution in [0, 0.1) is 5.92 Å². The molecule has 2 fully saturated rings. The first kappa shape index (κ1) is 7.90. The predicted molar refractivity (Wildman–Crippen MR) is 46.9 cm³/mol. The Labute approximate surface area is 75.5 Å². The number of thiocarbonyl (C=S) groups is 1. The molecule has 0 radical (unpaired) electrons. The van der Waals surface area contributed by atoms with Crippen molar-refractivity contribution in [1.82, 2.24) is 21.1 Å². The molecule has 0 aliphatic carbocycles. The standard InChI is InChI=1S/C6H10N4OS/c1-10-4-3(2-7-10)5(11)9-6(12)8-4/h3-4,7H,2H2,1H3,(H2,8,9,11,12). The van der Waals surface area contributed by atoms with E-state index in [-0.39, 0.29) is 18.0 Å². The fraction of sp³-hybridized carbons (Fsp3) is 0.667. The molecule has 2 heterocycles. The third-order valence-electron chi connectivity index (χ3n) is 2.21. The summed E-state index contributed by atoms with van der Waals surface area (Å²) < 4.78 is 0. The van der Waals surface area contributed by atoms with E-state index < -0.39 is 0 Å². The maximum Gasteiger partial charge on any atom is 0.234 e. The third kappa shape index (κ3) is 1.08. The topological polar surface area (TPSA) is 56.4 Å². The fourth-order valence-corrected chi connectivity index (χ4v) is 1.75. The normalized spacial score (nSPS) is 35.8. The number of nitrogens with zero attached hydrogens (tertiary/aromatic N) is 1. The van der Waals surface area contributed by atoms with Crippen molar-refractivity contribution in [2.24, 2.45) is 5.92 Å². The highest BCUT2D eigenvalue weighted by Crippen LogP contribution is 2.15. The van der Waals surface area contributed by atoms with Gasteiger partial charge in [0.2, 0.25) is 5.91 Å². The van der Waals surface area contributed by atoms with Crippen LogP contribution in [0.5, 0.6) is 0 Å². The summed E-state index contributed by atoms with van der Waals surface area (Å²) in [5.74, 6) is -0.0395. The minimum Gasteiger partial charge on any atom is -0.345 e. The van der Waals surface area contributed by atoms with Crippen LogP contribution in [-0.2, 0) is 4.79 Å². The van der Waals surface area contributed by atoms with Crippen molar-refractivity contribution in [3.63, 3.8) is 0 Å². The van der Waals surface area contributed by atoms with Crippen LogP contribution in [0.2, 0.25) is 0 Å². The molecule has 2 saturated heterocycles. The van der Waals surface area contributed by atoms with E-state index in [2.05, 4.69) is 16.1 Å². The lowest BCUT2D eigenvalue weighted by atomic mass is 10.1. The number of amides is 1. The van der Waals surface area contributed by atoms with Gasteiger partial charge in [0, 0.05) is 13.6 Å². The van der Waals surface area contributed by atoms with Gasteiger partial charge < -0.3 is 10.6 Å². The summed E-state index contributed by atoms with van der Waals surface area (Å²) in [5, 5.41) is 7.89. The summed E-state index contributed by atoms with van der Waals surface area (Å²) in [6.45, 7) is 0.669. The molecule has 0 spiro atoms. The quantitative estimate of drug-likeness (QED) is 0.397. The van der Waals surface area contributed by atoms with E-state index in [0.29, 0.717) is 11.7 Å². The first-order valence-electron chi connectivity index (χ1n) is 3.76. The molecule has 0 aromatic heterocycles. The summed E-state index contributed by atoms with van der Waals surface area (Å²) in [6.07, 6.45) is 0.00579. The van der Waals surface area contributed by atoms with Crippen LogP contribution in [0.1, 0.15) is 0 Å². The molecule has 0 aromatic carbocycles. The van der Waals surface area contributed by atoms with Gasteiger partial charge in [0.25, 0.3) is 0 Å². The first-order valence-corrected chi connectivity index (χ1v) is 4.17. The number of fused-ring (bicyclic) bond motifs is 1. The lowest BCUT2D eigenvalue weighted by molar-refractivity contribution is -0.124. The van der Waals surface area contributed by atoms with Crippen LogP contribution in [0.4, 0.5) is 0 Å². The van der Waals surface area contributed by atoms with Gasteiger partial charge in [-0.2, -0.15) is 0 Å². The minimum atomic E-state index is -0.0401. The number of hydrogen-bond acceptors (Lipinski definition) is 4. The molecule has 66 valence electrons. The summed E-state index contributed by atoms with van der Waals surface area (Å²) >= 11 is 4.86. The Hall–Kier alpha value is -0.720. The van der Waals surface area contributed by atoms with Crippen molar-refractivity contribution in [2.75, 3.05) is 13.6 Å². The lowest BCUT2D eigenvalue weighted by Crippen LogP contribution is -2.60. The number of hydrogen-bond donors (Lipinski definition) is 3. The molecule has 2 atom stereocenters. The molecule has 2 unspecified atom stereocenters. The van der Waals surface area contributed by atoms with Crippen molar-refractivity contribution in [3.05, 3.63) is 0 Å². The van der Waals surface area contributed by atoms with Crippen LogP contribution in [0.15, 0.2) is 0 Å². The van der Waals surface area contributed by atoms with Gasteiger partial charge in [-0.1, -0.05) is 0 Å². The van der Waals surface area contributed by atoms with Crippen molar-refractivity contribution >= 4 is 23.2 Å². The highest BCUT2D eigenvalue weighted by atomic mass is 32.1. The molecule has 5 nitrogen and oxygen atoms in total. The zero-order valence-corrected chi connectivity index (χ0v) is 7.44. The molecule has 0 bridgehead atoms. The summed E-state index contributed by atoms with van der Waals surface area (Å²) in [6, 6.07) is 0. The van der Waals surface area contributed by atoms with Crippen LogP contribution < -0.4 is 16.1 Å². The Balaban J connectivity index is 2.19. The molecule has 3 N–H and O–H groups in total. The lowest BCUT2D eigenvalue weighted by Gasteiger charge is -2.29. The molecule has 12 heavy (non-hydrogen) atoms. The predicted octanol–water partition coefficient (Wildman–Crippen LogP) is -1.62. The Morgan fingerprint density at radius 1 is 1.67 bits per heavy atom. The van der Waals surface area contributed by atoms with Gasteiger partial charge in [-0.3, -0.25) is 10.2 Å². The number of nitrogens with one attached hydrogen (secondary N) is 3. The van der Waals surface area contributed by atoms with Gasteiger partial charge in [0.1, 0.15) is 6.17 Å². The van der Waals surface area contributed by atoms with E-state index >= 15 is 0 Å². The average molecular weight is 186 g/mol. The van der Waals surface area contributed by atoms with E-state index in [9.17, 15) is 4.79 Å². The second kappa shape index (κ2) is 2.65. The van der Waals surface area contributed by atoms with Gasteiger partial charge in [-0.25, -0.2) is 5.01 Å². The van der Waals surface area contributed by atoms with Crippen molar-refractivity contribution in [1.29, 1.82) is 0 Å². The maximum absolute atomic E-state index is 11.3. The van der Waals surface area contributed by atoms with Crippen molar-refractivity contribution in [3.8, 4) is 0 Å². The number of rotatable bonds is 0. The van der Waals surface area contributed by atoms with Gasteiger partial charge in [0.05, 0.1) is 5.92 Å². The molecule has 0 aromatic rings. The van der Waals surface area contributed by atoms with E-state index in [1.165, 1.54) is 0 Å². The van der Waals surface area contributed by atoms with Crippen LogP contribution in [-0.4, -0.2) is 35.8 Å². The van der Waals surface area contributed by atoms with E-state index in [4.69, 9.17) is 12.2 Å². The zero-order chi connectivity index (χ0) is 8.72. The Morgan fingerprint density at radius 2 is 2.42 bits per heavy atom. The van der Waals surface area contributed by atoms with Crippen molar-refractivity contribution in [2.45, 2.75) is 6.17 Å². The molecule has 2 aliphatic rings. The number of hydrazine groups is 1. The number of carbonyl (C=O) groups excluding carboxylic acids is 1. The summed E-state index contributed by atoms with van der Waals surface area (Å²) in [7, 11) is 1.89. The second-order valence-electron chi connectivity index (χ2n) is 2.99. The van der Waals surface area contributed by atoms with Gasteiger partial charge in [-0.05, 0) is 12.2 Å². The second-order valence-corrected chi connectivity index (χ2v) is 3.40. The van der Waals surface area contributed by atoms with E-state index in [1.54, 1.807) is 0 Å². The molecular formula is C6H10N4OS. The number of carbonyl (C=O) groups is 1. The highest BCUT2D eigenvalue weighted by molar-refractivity contribution is 7.80. The van der Waals surface area contributed by atoms with Crippen LogP contribution in [0.3, 0.4) is 0 Å². The molecule has 1 amide bonds. The van der Waals surface area contributed by atoms with Crippen LogP contribution >= 0.6 is 12.2 Å². The van der Waals surface area contributed by atoms with Gasteiger partial charge in [0.15, 0.2) is 5.11 Å². The molecular weight excluding hydrogens is 176 g/mol. The Bertz CT molecular complexity index is 244. The zero-order valence-electron chi connectivity index (χ0n) is 6.63. The average Bonchev–Trinajstić information content (AvgIpc) is 2.33. The summed E-state index contributed by atoms with van der Waals surface area (Å²) in [5.41, 5.74) is 3.06. The summed E-state index contributed by atoms with van der Waals surface area (Å²) in [4.78, 5) is 11.3. The first-order chi connectivity index (χ1) is 5.68. The fourth-order valence-electron chi connectivity index (χ4n) is 1.53. The Kier molecular flexibility index (Phi) is 1.75. The molecule has 2 aliphatic heterocycles. The van der Waals surface area contributed by atoms with Crippen molar-refractivity contribution < 1.29 is 4.79 Å². The largest absolute Gasteiger partial charge is 0.345 e. The van der Waals surface area contributed by atoms with Gasteiger partial charge in [-0.15, -0.1) is 0 Å². The third-order valence-corrected chi connectivity index (χ3v) is 2.43.